The topological polar surface area (TPSA) is 78.4 Å². The van der Waals surface area contributed by atoms with E-state index < -0.39 is 10.0 Å². The summed E-state index contributed by atoms with van der Waals surface area (Å²) < 4.78 is 26.8. The molecule has 0 amide bonds. The average Bonchev–Trinajstić information content (AvgIpc) is 3.06. The number of sulfonamides is 1. The molecule has 0 aliphatic rings. The second-order valence-electron chi connectivity index (χ2n) is 4.91. The molecule has 0 radical (unpaired) electrons. The second-order valence-corrected chi connectivity index (χ2v) is 7.85. The highest BCUT2D eigenvalue weighted by Gasteiger charge is 2.14. The fraction of sp³-hybridized carbons (Fsp3) is 0.333. The molecule has 0 bridgehead atoms. The van der Waals surface area contributed by atoms with Gasteiger partial charge in [0.1, 0.15) is 4.21 Å². The molecule has 22 heavy (non-hydrogen) atoms. The van der Waals surface area contributed by atoms with E-state index in [1.165, 1.54) is 11.3 Å². The summed E-state index contributed by atoms with van der Waals surface area (Å²) in [4.78, 5) is 0. The van der Waals surface area contributed by atoms with Gasteiger partial charge in [-0.05, 0) is 29.5 Å². The molecule has 0 spiro atoms. The number of rotatable bonds is 8. The van der Waals surface area contributed by atoms with Crippen LogP contribution in [0, 0.1) is 0 Å². The van der Waals surface area contributed by atoms with Crippen LogP contribution in [0.25, 0.3) is 0 Å². The lowest BCUT2D eigenvalue weighted by Crippen LogP contribution is -2.32. The maximum Gasteiger partial charge on any atom is 0.250 e. The molecule has 7 heteroatoms. The highest BCUT2D eigenvalue weighted by molar-refractivity contribution is 7.91. The number of hydrogen-bond acceptors (Lipinski definition) is 5. The van der Waals surface area contributed by atoms with Crippen LogP contribution < -0.4 is 10.0 Å². The smallest absolute Gasteiger partial charge is 0.250 e. The summed E-state index contributed by atoms with van der Waals surface area (Å²) in [6.07, 6.45) is 0. The fourth-order valence-corrected chi connectivity index (χ4v) is 4.11. The van der Waals surface area contributed by atoms with E-state index in [4.69, 9.17) is 5.11 Å². The van der Waals surface area contributed by atoms with E-state index in [0.29, 0.717) is 17.3 Å². The summed E-state index contributed by atoms with van der Waals surface area (Å²) in [6, 6.07) is 11.1. The lowest BCUT2D eigenvalue weighted by atomic mass is 10.1. The van der Waals surface area contributed by atoms with E-state index in [2.05, 4.69) is 10.0 Å². The van der Waals surface area contributed by atoms with Crippen molar-refractivity contribution in [2.45, 2.75) is 23.8 Å². The Morgan fingerprint density at radius 3 is 2.73 bits per heavy atom. The monoisotopic (exact) mass is 340 g/mol. The Balaban J connectivity index is 1.81. The minimum Gasteiger partial charge on any atom is -0.392 e. The predicted molar refractivity (Wildman–Crippen MR) is 88.3 cm³/mol. The third kappa shape index (κ3) is 4.62. The largest absolute Gasteiger partial charge is 0.392 e. The molecule has 1 atom stereocenters. The number of nitrogens with one attached hydrogen (secondary N) is 2. The molecule has 1 heterocycles. The van der Waals surface area contributed by atoms with Gasteiger partial charge in [0.15, 0.2) is 0 Å². The molecule has 2 aromatic rings. The maximum atomic E-state index is 11.9. The van der Waals surface area contributed by atoms with Gasteiger partial charge in [-0.1, -0.05) is 30.3 Å². The Bertz CT molecular complexity index is 685. The highest BCUT2D eigenvalue weighted by Crippen LogP contribution is 2.15. The van der Waals surface area contributed by atoms with Gasteiger partial charge in [0, 0.05) is 19.1 Å². The van der Waals surface area contributed by atoms with Gasteiger partial charge in [-0.15, -0.1) is 11.3 Å². The van der Waals surface area contributed by atoms with Crippen molar-refractivity contribution in [3.63, 3.8) is 0 Å². The number of aliphatic hydroxyl groups is 1. The van der Waals surface area contributed by atoms with E-state index in [-0.39, 0.29) is 12.6 Å². The first-order chi connectivity index (χ1) is 10.5. The molecule has 0 saturated heterocycles. The Kier molecular flexibility index (Phi) is 6.10. The van der Waals surface area contributed by atoms with Crippen LogP contribution >= 0.6 is 11.3 Å². The zero-order valence-corrected chi connectivity index (χ0v) is 14.0. The van der Waals surface area contributed by atoms with Crippen LogP contribution in [-0.2, 0) is 16.6 Å². The van der Waals surface area contributed by atoms with Gasteiger partial charge in [-0.3, -0.25) is 0 Å². The van der Waals surface area contributed by atoms with Crippen molar-refractivity contribution in [1.29, 1.82) is 0 Å². The van der Waals surface area contributed by atoms with Crippen LogP contribution in [0.2, 0.25) is 0 Å². The number of thiophene rings is 1. The van der Waals surface area contributed by atoms with E-state index >= 15 is 0 Å². The number of hydrogen-bond donors (Lipinski definition) is 3. The van der Waals surface area contributed by atoms with Crippen LogP contribution in [0.15, 0.2) is 46.0 Å². The second kappa shape index (κ2) is 7.85. The quantitative estimate of drug-likeness (QED) is 0.641. The molecule has 5 nitrogen and oxygen atoms in total. The van der Waals surface area contributed by atoms with Crippen molar-refractivity contribution in [1.82, 2.24) is 10.0 Å². The predicted octanol–water partition coefficient (Wildman–Crippen LogP) is 1.87. The molecular weight excluding hydrogens is 320 g/mol. The highest BCUT2D eigenvalue weighted by atomic mass is 32.2. The van der Waals surface area contributed by atoms with Crippen LogP contribution in [0.5, 0.6) is 0 Å². The van der Waals surface area contributed by atoms with Crippen molar-refractivity contribution in [2.24, 2.45) is 0 Å². The normalized spacial score (nSPS) is 13.2. The first kappa shape index (κ1) is 17.1. The van der Waals surface area contributed by atoms with Crippen molar-refractivity contribution >= 4 is 21.4 Å². The first-order valence-electron chi connectivity index (χ1n) is 6.99. The van der Waals surface area contributed by atoms with E-state index in [9.17, 15) is 8.42 Å². The minimum absolute atomic E-state index is 0.0151. The van der Waals surface area contributed by atoms with E-state index in [0.717, 1.165) is 11.1 Å². The molecule has 0 saturated carbocycles. The summed E-state index contributed by atoms with van der Waals surface area (Å²) in [6.45, 7) is 2.87. The van der Waals surface area contributed by atoms with E-state index in [1.54, 1.807) is 17.5 Å². The SMILES string of the molecule is CC(NCCNS(=O)(=O)c1cccs1)c1cccc(CO)c1. The molecule has 0 aliphatic heterocycles. The summed E-state index contributed by atoms with van der Waals surface area (Å²) in [7, 11) is -3.39. The fourth-order valence-electron chi connectivity index (χ4n) is 2.04. The Morgan fingerprint density at radius 2 is 2.05 bits per heavy atom. The van der Waals surface area contributed by atoms with Crippen LogP contribution in [0.4, 0.5) is 0 Å². The molecule has 1 aromatic carbocycles. The van der Waals surface area contributed by atoms with Crippen molar-refractivity contribution in [3.8, 4) is 0 Å². The Morgan fingerprint density at radius 1 is 1.23 bits per heavy atom. The third-order valence-corrected chi connectivity index (χ3v) is 6.12. The van der Waals surface area contributed by atoms with Crippen LogP contribution in [-0.4, -0.2) is 26.6 Å². The molecule has 3 N–H and O–H groups in total. The number of aliphatic hydroxyl groups excluding tert-OH is 1. The zero-order chi connectivity index (χ0) is 16.0. The first-order valence-corrected chi connectivity index (χ1v) is 9.35. The summed E-state index contributed by atoms with van der Waals surface area (Å²) in [5.41, 5.74) is 1.93. The average molecular weight is 340 g/mol. The Hall–Kier alpha value is -1.25. The van der Waals surface area contributed by atoms with E-state index in [1.807, 2.05) is 31.2 Å². The maximum absolute atomic E-state index is 11.9. The molecule has 120 valence electrons. The van der Waals surface area contributed by atoms with Gasteiger partial charge in [-0.25, -0.2) is 13.1 Å². The summed E-state index contributed by atoms with van der Waals surface area (Å²) in [5.74, 6) is 0. The van der Waals surface area contributed by atoms with Crippen LogP contribution in [0.1, 0.15) is 24.1 Å². The molecule has 0 fully saturated rings. The zero-order valence-electron chi connectivity index (χ0n) is 12.3. The molecule has 0 aliphatic carbocycles. The van der Waals surface area contributed by atoms with Gasteiger partial charge >= 0.3 is 0 Å². The van der Waals surface area contributed by atoms with Gasteiger partial charge in [0.2, 0.25) is 10.0 Å². The molecular formula is C15H20N2O3S2. The van der Waals surface area contributed by atoms with Crippen molar-refractivity contribution < 1.29 is 13.5 Å². The van der Waals surface area contributed by atoms with Crippen molar-refractivity contribution in [3.05, 3.63) is 52.9 Å². The van der Waals surface area contributed by atoms with Gasteiger partial charge in [0.25, 0.3) is 0 Å². The van der Waals surface area contributed by atoms with Gasteiger partial charge in [0.05, 0.1) is 6.61 Å². The lowest BCUT2D eigenvalue weighted by Gasteiger charge is -2.15. The lowest BCUT2D eigenvalue weighted by molar-refractivity contribution is 0.281. The van der Waals surface area contributed by atoms with Gasteiger partial charge < -0.3 is 10.4 Å². The molecule has 2 rings (SSSR count). The standard InChI is InChI=1S/C15H20N2O3S2/c1-12(14-5-2-4-13(10-14)11-18)16-7-8-17-22(19,20)15-6-3-9-21-15/h2-6,9-10,12,16-18H,7-8,11H2,1H3. The molecule has 1 aromatic heterocycles. The van der Waals surface area contributed by atoms with Crippen LogP contribution in [0.3, 0.4) is 0 Å². The summed E-state index contributed by atoms with van der Waals surface area (Å²) in [5, 5.41) is 14.1. The number of benzene rings is 1. The Labute approximate surface area is 135 Å². The summed E-state index contributed by atoms with van der Waals surface area (Å²) >= 11 is 1.20. The van der Waals surface area contributed by atoms with Crippen molar-refractivity contribution in [2.75, 3.05) is 13.1 Å². The van der Waals surface area contributed by atoms with Gasteiger partial charge in [-0.2, -0.15) is 0 Å². The third-order valence-electron chi connectivity index (χ3n) is 3.26. The minimum atomic E-state index is -3.39. The molecule has 1 unspecified atom stereocenters.